The number of aromatic nitrogens is 1. The zero-order valence-corrected chi connectivity index (χ0v) is 12.3. The van der Waals surface area contributed by atoms with Gasteiger partial charge in [-0.15, -0.1) is 0 Å². The summed E-state index contributed by atoms with van der Waals surface area (Å²) in [6.45, 7) is 2.55. The largest absolute Gasteiger partial charge is 0.492 e. The van der Waals surface area contributed by atoms with Gasteiger partial charge in [0.15, 0.2) is 0 Å². The van der Waals surface area contributed by atoms with E-state index in [2.05, 4.69) is 29.2 Å². The van der Waals surface area contributed by atoms with E-state index in [1.165, 1.54) is 11.1 Å². The van der Waals surface area contributed by atoms with Crippen LogP contribution in [0.4, 0.5) is 0 Å². The van der Waals surface area contributed by atoms with Gasteiger partial charge in [0.1, 0.15) is 5.75 Å². The molecule has 1 N–H and O–H groups in total. The highest BCUT2D eigenvalue weighted by molar-refractivity contribution is 5.31. The normalized spacial score (nSPS) is 18.9. The molecule has 0 saturated heterocycles. The first kappa shape index (κ1) is 14.1. The maximum absolute atomic E-state index is 10.7. The molecule has 0 amide bonds. The number of nitrogens with zero attached hydrogens (tertiary/aromatic N) is 1. The Morgan fingerprint density at radius 1 is 1.29 bits per heavy atom. The van der Waals surface area contributed by atoms with Crippen molar-refractivity contribution in [2.75, 3.05) is 6.61 Å². The minimum absolute atomic E-state index is 0.249. The number of aryl methyl sites for hydroxylation is 1. The number of rotatable bonds is 4. The quantitative estimate of drug-likeness (QED) is 0.936. The van der Waals surface area contributed by atoms with Crippen molar-refractivity contribution < 1.29 is 9.84 Å². The fourth-order valence-corrected chi connectivity index (χ4v) is 3.11. The second-order valence-electron chi connectivity index (χ2n) is 5.60. The third kappa shape index (κ3) is 3.08. The molecule has 21 heavy (non-hydrogen) atoms. The SMILES string of the molecule is CCOc1cncc(C(O)C2CCc3ccccc3C2)c1. The van der Waals surface area contributed by atoms with Gasteiger partial charge in [0.25, 0.3) is 0 Å². The minimum Gasteiger partial charge on any atom is -0.492 e. The Morgan fingerprint density at radius 3 is 2.90 bits per heavy atom. The maximum Gasteiger partial charge on any atom is 0.137 e. The summed E-state index contributed by atoms with van der Waals surface area (Å²) >= 11 is 0. The van der Waals surface area contributed by atoms with E-state index in [9.17, 15) is 5.11 Å². The van der Waals surface area contributed by atoms with E-state index in [0.717, 1.165) is 30.6 Å². The molecule has 3 nitrogen and oxygen atoms in total. The van der Waals surface area contributed by atoms with Crippen molar-refractivity contribution in [2.45, 2.75) is 32.3 Å². The summed E-state index contributed by atoms with van der Waals surface area (Å²) < 4.78 is 5.47. The first-order chi connectivity index (χ1) is 10.3. The summed E-state index contributed by atoms with van der Waals surface area (Å²) in [7, 11) is 0. The lowest BCUT2D eigenvalue weighted by Crippen LogP contribution is -2.21. The lowest BCUT2D eigenvalue weighted by molar-refractivity contribution is 0.0988. The van der Waals surface area contributed by atoms with Crippen molar-refractivity contribution in [3.8, 4) is 5.75 Å². The Bertz CT molecular complexity index is 612. The molecule has 1 aliphatic rings. The molecular weight excluding hydrogens is 262 g/mol. The molecular formula is C18H21NO2. The molecule has 2 unspecified atom stereocenters. The Morgan fingerprint density at radius 2 is 2.10 bits per heavy atom. The van der Waals surface area contributed by atoms with Gasteiger partial charge < -0.3 is 9.84 Å². The van der Waals surface area contributed by atoms with Crippen molar-refractivity contribution in [3.05, 3.63) is 59.4 Å². The molecule has 0 radical (unpaired) electrons. The van der Waals surface area contributed by atoms with Crippen LogP contribution in [0.2, 0.25) is 0 Å². The van der Waals surface area contributed by atoms with E-state index in [1.807, 2.05) is 13.0 Å². The topological polar surface area (TPSA) is 42.4 Å². The Kier molecular flexibility index (Phi) is 4.20. The van der Waals surface area contributed by atoms with E-state index in [4.69, 9.17) is 4.74 Å². The number of pyridine rings is 1. The maximum atomic E-state index is 10.7. The summed E-state index contributed by atoms with van der Waals surface area (Å²) in [4.78, 5) is 4.18. The number of benzene rings is 1. The van der Waals surface area contributed by atoms with Gasteiger partial charge in [-0.05, 0) is 49.3 Å². The molecule has 2 aromatic rings. The second-order valence-corrected chi connectivity index (χ2v) is 5.60. The van der Waals surface area contributed by atoms with Gasteiger partial charge in [-0.3, -0.25) is 4.98 Å². The molecule has 0 spiro atoms. The zero-order valence-electron chi connectivity index (χ0n) is 12.3. The summed E-state index contributed by atoms with van der Waals surface area (Å²) in [5, 5.41) is 10.7. The number of aliphatic hydroxyl groups excluding tert-OH is 1. The fraction of sp³-hybridized carbons (Fsp3) is 0.389. The van der Waals surface area contributed by atoms with Gasteiger partial charge in [0.2, 0.25) is 0 Å². The molecule has 3 heteroatoms. The molecule has 3 rings (SSSR count). The third-order valence-corrected chi connectivity index (χ3v) is 4.22. The Balaban J connectivity index is 1.77. The van der Waals surface area contributed by atoms with Crippen LogP contribution in [-0.2, 0) is 12.8 Å². The molecule has 1 aromatic carbocycles. The number of hydrogen-bond acceptors (Lipinski definition) is 3. The van der Waals surface area contributed by atoms with Crippen molar-refractivity contribution >= 4 is 0 Å². The van der Waals surface area contributed by atoms with E-state index in [-0.39, 0.29) is 5.92 Å². The van der Waals surface area contributed by atoms with Crippen LogP contribution in [0.1, 0.15) is 36.1 Å². The average Bonchev–Trinajstić information content (AvgIpc) is 2.54. The molecule has 0 saturated carbocycles. The molecule has 1 aromatic heterocycles. The number of aliphatic hydroxyl groups is 1. The molecule has 0 bridgehead atoms. The monoisotopic (exact) mass is 283 g/mol. The third-order valence-electron chi connectivity index (χ3n) is 4.22. The molecule has 0 aliphatic heterocycles. The van der Waals surface area contributed by atoms with Crippen LogP contribution in [0.15, 0.2) is 42.7 Å². The van der Waals surface area contributed by atoms with Crippen molar-refractivity contribution in [3.63, 3.8) is 0 Å². The lowest BCUT2D eigenvalue weighted by atomic mass is 9.79. The average molecular weight is 283 g/mol. The van der Waals surface area contributed by atoms with Crippen molar-refractivity contribution in [1.29, 1.82) is 0 Å². The highest BCUT2D eigenvalue weighted by Gasteiger charge is 2.26. The summed E-state index contributed by atoms with van der Waals surface area (Å²) in [6, 6.07) is 10.4. The van der Waals surface area contributed by atoms with Crippen LogP contribution in [0.3, 0.4) is 0 Å². The first-order valence-corrected chi connectivity index (χ1v) is 7.60. The van der Waals surface area contributed by atoms with Gasteiger partial charge in [-0.1, -0.05) is 24.3 Å². The van der Waals surface area contributed by atoms with Crippen LogP contribution in [-0.4, -0.2) is 16.7 Å². The molecule has 1 aliphatic carbocycles. The number of fused-ring (bicyclic) bond motifs is 1. The van der Waals surface area contributed by atoms with Crippen LogP contribution in [0.5, 0.6) is 5.75 Å². The predicted molar refractivity (Wildman–Crippen MR) is 82.3 cm³/mol. The van der Waals surface area contributed by atoms with E-state index in [0.29, 0.717) is 6.61 Å². The van der Waals surface area contributed by atoms with E-state index >= 15 is 0 Å². The standard InChI is InChI=1S/C18H21NO2/c1-2-21-17-10-16(11-19-12-17)18(20)15-8-7-13-5-3-4-6-14(13)9-15/h3-6,10-12,15,18,20H,2,7-9H2,1H3. The fourth-order valence-electron chi connectivity index (χ4n) is 3.11. The molecule has 2 atom stereocenters. The highest BCUT2D eigenvalue weighted by Crippen LogP contribution is 2.34. The van der Waals surface area contributed by atoms with E-state index in [1.54, 1.807) is 12.4 Å². The van der Waals surface area contributed by atoms with Crippen LogP contribution >= 0.6 is 0 Å². The predicted octanol–water partition coefficient (Wildman–Crippen LogP) is 3.32. The summed E-state index contributed by atoms with van der Waals surface area (Å²) in [6.07, 6.45) is 5.93. The van der Waals surface area contributed by atoms with Gasteiger partial charge in [0, 0.05) is 11.8 Å². The van der Waals surface area contributed by atoms with Crippen LogP contribution in [0, 0.1) is 5.92 Å². The van der Waals surface area contributed by atoms with Gasteiger partial charge in [0.05, 0.1) is 18.9 Å². The highest BCUT2D eigenvalue weighted by atomic mass is 16.5. The second kappa shape index (κ2) is 6.27. The molecule has 0 fully saturated rings. The van der Waals surface area contributed by atoms with Crippen molar-refractivity contribution in [2.24, 2.45) is 5.92 Å². The van der Waals surface area contributed by atoms with E-state index < -0.39 is 6.10 Å². The number of ether oxygens (including phenoxy) is 1. The lowest BCUT2D eigenvalue weighted by Gasteiger charge is -2.28. The van der Waals surface area contributed by atoms with Crippen LogP contribution in [0.25, 0.3) is 0 Å². The first-order valence-electron chi connectivity index (χ1n) is 7.60. The van der Waals surface area contributed by atoms with Gasteiger partial charge in [-0.25, -0.2) is 0 Å². The Labute approximate surface area is 125 Å². The van der Waals surface area contributed by atoms with Gasteiger partial charge in [-0.2, -0.15) is 0 Å². The zero-order chi connectivity index (χ0) is 14.7. The Hall–Kier alpha value is -1.87. The smallest absolute Gasteiger partial charge is 0.137 e. The summed E-state index contributed by atoms with van der Waals surface area (Å²) in [5.74, 6) is 0.976. The number of hydrogen-bond donors (Lipinski definition) is 1. The molecule has 110 valence electrons. The summed E-state index contributed by atoms with van der Waals surface area (Å²) in [5.41, 5.74) is 3.63. The molecule has 1 heterocycles. The van der Waals surface area contributed by atoms with Gasteiger partial charge >= 0.3 is 0 Å². The van der Waals surface area contributed by atoms with Crippen molar-refractivity contribution in [1.82, 2.24) is 4.98 Å². The van der Waals surface area contributed by atoms with Crippen LogP contribution < -0.4 is 4.74 Å². The minimum atomic E-state index is -0.480.